The number of aliphatic hydroxyl groups is 23. The molecule has 54 nitrogen and oxygen atoms in total. The van der Waals surface area contributed by atoms with E-state index in [-0.39, 0.29) is 0 Å². The molecule has 0 aliphatic carbocycles. The molecule has 9 saturated heterocycles. The summed E-state index contributed by atoms with van der Waals surface area (Å²) in [6, 6.07) is -9.63. The predicted octanol–water partition coefficient (Wildman–Crippen LogP) is -20.1. The van der Waals surface area contributed by atoms with Crippen molar-refractivity contribution < 1.29 is 239 Å². The molecule has 9 rings (SSSR count). The second kappa shape index (κ2) is 42.7. The Morgan fingerprint density at radius 1 is 0.261 bits per heavy atom. The van der Waals surface area contributed by atoms with Gasteiger partial charge in [-0.05, 0) is 0 Å². The number of aliphatic hydroxyl groups excluding tert-OH is 23. The number of hydrogen-bond acceptors (Lipinski definition) is 48. The van der Waals surface area contributed by atoms with E-state index in [4.69, 9.17) is 80.5 Å². The average Bonchev–Trinajstić information content (AvgIpc) is 0.767. The lowest BCUT2D eigenvalue weighted by Crippen LogP contribution is -2.71. The van der Waals surface area contributed by atoms with Gasteiger partial charge in [0.05, 0.1) is 59.5 Å². The van der Waals surface area contributed by atoms with Crippen LogP contribution in [0.5, 0.6) is 0 Å². The second-order valence-corrected chi connectivity index (χ2v) is 30.4. The molecular formula is C64H107N5O49S. The molecule has 5 amide bonds. The van der Waals surface area contributed by atoms with Crippen molar-refractivity contribution in [1.82, 2.24) is 26.6 Å². The van der Waals surface area contributed by atoms with E-state index in [9.17, 15) is 154 Å². The first-order valence-electron chi connectivity index (χ1n) is 37.3. The van der Waals surface area contributed by atoms with Crippen LogP contribution in [-0.4, -0.2) is 495 Å². The molecule has 55 heteroatoms. The summed E-state index contributed by atoms with van der Waals surface area (Å²) >= 11 is 0. The second-order valence-electron chi connectivity index (χ2n) is 29.4. The largest absolute Gasteiger partial charge is 0.397 e. The van der Waals surface area contributed by atoms with Crippen molar-refractivity contribution in [2.45, 2.75) is 311 Å². The highest BCUT2D eigenvalue weighted by Gasteiger charge is 2.62. The van der Waals surface area contributed by atoms with Gasteiger partial charge in [0.15, 0.2) is 56.6 Å². The summed E-state index contributed by atoms with van der Waals surface area (Å²) < 4.78 is 140. The Hall–Kier alpha value is -4.38. The fraction of sp³-hybridized carbons (Fsp3) is 0.922. The minimum atomic E-state index is -5.53. The topological polar surface area (TPSA) is 831 Å². The van der Waals surface area contributed by atoms with Gasteiger partial charge in [0.1, 0.15) is 219 Å². The Labute approximate surface area is 673 Å². The van der Waals surface area contributed by atoms with Crippen LogP contribution < -0.4 is 26.6 Å². The molecule has 119 heavy (non-hydrogen) atoms. The van der Waals surface area contributed by atoms with Crippen molar-refractivity contribution in [3.05, 3.63) is 0 Å². The van der Waals surface area contributed by atoms with Gasteiger partial charge in [0, 0.05) is 34.6 Å². The van der Waals surface area contributed by atoms with Crippen molar-refractivity contribution in [3.63, 3.8) is 0 Å². The average molecular weight is 1760 g/mol. The minimum absolute atomic E-state index is 0.803. The van der Waals surface area contributed by atoms with Crippen LogP contribution >= 0.6 is 0 Å². The molecule has 0 radical (unpaired) electrons. The summed E-state index contributed by atoms with van der Waals surface area (Å²) in [6.45, 7) is -5.72. The van der Waals surface area contributed by atoms with Gasteiger partial charge < -0.3 is 225 Å². The third kappa shape index (κ3) is 22.7. The van der Waals surface area contributed by atoms with E-state index in [2.05, 4.69) is 30.8 Å². The molecule has 0 bridgehead atoms. The fourth-order valence-corrected chi connectivity index (χ4v) is 15.6. The number of hydrogen-bond donors (Lipinski definition) is 29. The van der Waals surface area contributed by atoms with E-state index in [1.807, 2.05) is 0 Å². The van der Waals surface area contributed by atoms with Gasteiger partial charge in [-0.1, -0.05) is 0 Å². The van der Waals surface area contributed by atoms with Gasteiger partial charge in [-0.3, -0.25) is 28.5 Å². The van der Waals surface area contributed by atoms with Gasteiger partial charge in [-0.15, -0.1) is 0 Å². The summed E-state index contributed by atoms with van der Waals surface area (Å²) in [5.41, 5.74) is 0. The highest BCUT2D eigenvalue weighted by Crippen LogP contribution is 2.40. The third-order valence-corrected chi connectivity index (χ3v) is 21.4. The summed E-state index contributed by atoms with van der Waals surface area (Å²) in [4.78, 5) is 63.8. The Balaban J connectivity index is 1.06. The smallest absolute Gasteiger partial charge is 0.394 e. The zero-order chi connectivity index (χ0) is 88.0. The number of rotatable bonds is 32. The van der Waals surface area contributed by atoms with Gasteiger partial charge in [-0.25, -0.2) is 4.18 Å². The normalized spacial score (nSPS) is 46.8. The molecule has 9 fully saturated rings. The molecule has 9 heterocycles. The molecular weight excluding hydrogens is 1650 g/mol. The first kappa shape index (κ1) is 98.4. The number of ether oxygens (including phenoxy) is 17. The van der Waals surface area contributed by atoms with Crippen molar-refractivity contribution in [2.75, 3.05) is 59.5 Å². The first-order valence-corrected chi connectivity index (χ1v) is 38.6. The molecule has 0 saturated carbocycles. The van der Waals surface area contributed by atoms with Crippen LogP contribution in [0, 0.1) is 0 Å². The van der Waals surface area contributed by atoms with E-state index < -0.39 is 375 Å². The molecule has 29 N–H and O–H groups in total. The lowest BCUT2D eigenvalue weighted by Gasteiger charge is -2.51. The summed E-state index contributed by atoms with van der Waals surface area (Å²) in [6.07, 6.45) is -85.7. The Morgan fingerprint density at radius 3 is 0.924 bits per heavy atom. The highest BCUT2D eigenvalue weighted by atomic mass is 32.3. The van der Waals surface area contributed by atoms with Crippen LogP contribution in [0.1, 0.15) is 34.6 Å². The molecule has 9 aliphatic heterocycles. The lowest BCUT2D eigenvalue weighted by atomic mass is 9.93. The third-order valence-electron chi connectivity index (χ3n) is 21.0. The van der Waals surface area contributed by atoms with E-state index >= 15 is 0 Å². The SMILES string of the molecule is CC(=O)N[C@H]1[C@H](O[C@H]2[C@H](O)[C@@H](NC(C)=O)C(O)O[C@@H]2CO)O[C@H](CO)[C@@H](O[C@@H]2O[C@H](CO[C@H]3O[C@H](CO)[C@@H](O)[C@H](O)[C@@H]3O[C@@H]3O[C@H](CO)[C@@H](O[C@@H]4O[C@H](CO)[C@H](O)[C@H](O)[C@H]4O)[C@H](O)[C@H]3NC(C)=O)[C@@H](O)[C@H](O[C@H]3O[C@H](CO)[C@@H](O)[C@H](O)[C@@H]3O[C@@H]3O[C@H](CO)[C@@H](O[C@@H]4O[C@H](CO)[C@H](O)[C@H](OS(=O)(=O)O)[C@H]4NC(C)=O)[C@H](O)[C@H]3NC(C)=O)[C@@H]2O)[C@@H]1O. The van der Waals surface area contributed by atoms with Crippen LogP contribution in [0.2, 0.25) is 0 Å². The molecule has 9 aliphatic rings. The van der Waals surface area contributed by atoms with Crippen LogP contribution in [0.15, 0.2) is 0 Å². The van der Waals surface area contributed by atoms with Gasteiger partial charge in [0.25, 0.3) is 0 Å². The maximum absolute atomic E-state index is 13.1. The monoisotopic (exact) mass is 1760 g/mol. The highest BCUT2D eigenvalue weighted by molar-refractivity contribution is 7.80. The molecule has 1 unspecified atom stereocenters. The van der Waals surface area contributed by atoms with Gasteiger partial charge in [-0.2, -0.15) is 8.42 Å². The molecule has 0 aromatic rings. The van der Waals surface area contributed by atoms with Crippen LogP contribution in [-0.2, 0) is 119 Å². The molecule has 688 valence electrons. The maximum Gasteiger partial charge on any atom is 0.397 e. The molecule has 0 aromatic carbocycles. The summed E-state index contributed by atoms with van der Waals surface area (Å²) in [5, 5.41) is 269. The van der Waals surface area contributed by atoms with E-state index in [1.165, 1.54) is 0 Å². The van der Waals surface area contributed by atoms with Crippen molar-refractivity contribution in [1.29, 1.82) is 0 Å². The van der Waals surface area contributed by atoms with Crippen molar-refractivity contribution >= 4 is 39.9 Å². The number of carbonyl (C=O) groups is 5. The van der Waals surface area contributed by atoms with Gasteiger partial charge in [0.2, 0.25) is 29.5 Å². The lowest BCUT2D eigenvalue weighted by molar-refractivity contribution is -0.398. The molecule has 45 atom stereocenters. The Morgan fingerprint density at radius 2 is 0.529 bits per heavy atom. The first-order chi connectivity index (χ1) is 56.1. The predicted molar refractivity (Wildman–Crippen MR) is 365 cm³/mol. The van der Waals surface area contributed by atoms with Crippen molar-refractivity contribution in [2.24, 2.45) is 0 Å². The van der Waals surface area contributed by atoms with Crippen LogP contribution in [0.25, 0.3) is 0 Å². The molecule has 0 aromatic heterocycles. The zero-order valence-corrected chi connectivity index (χ0v) is 64.5. The summed E-state index contributed by atoms with van der Waals surface area (Å²) in [7, 11) is -5.53. The number of carbonyl (C=O) groups excluding carboxylic acids is 5. The standard InChI is InChI=1S/C64H107N5O49S/c1-15(78)65-29-39(88)48(24(10-74)102-56(29)97)111-57-30(66-16(2)79)41(90)51(27(13-77)107-57)114-62-47(96)53(38(87)28(110-62)14-101-63-54(44(93)35(84)21(7-71)105-63)116-58-32(68-18(4)81)42(91)50(26(12-76)109-58)113-61-46(95)43(92)34(83)20(6-70)104-61)115-64-55(45(94)36(85)22(8-72)106-64)117-59-31(67-17(3)80)40(89)49(25(11-75)108-59)112-60-33(69-19(5)82)52(118-119(98,99)100)37(86)23(9-73)103-60/h20-64,70-77,83-97H,6-14H2,1-5H3,(H,65,78)(H,66,79)(H,67,80)(H,68,81)(H,69,82)(H,98,99,100)/t20-,21-,22-,23-,24-,25-,26-,27-,28-,29-,30-,31-,32-,33-,34+,35-,36-,37+,38-,39-,40-,41-,42-,43+,44+,45+,46-,47+,48-,49-,50-,51-,52-,53+,54+,55+,56?,57+,58+,59+,60+,61+,62+,63+,64-/m1/s1. The summed E-state index contributed by atoms with van der Waals surface area (Å²) in [5.74, 6) is -4.75. The van der Waals surface area contributed by atoms with E-state index in [0.29, 0.717) is 0 Å². The minimum Gasteiger partial charge on any atom is -0.394 e. The Bertz CT molecular complexity index is 3380. The Kier molecular flexibility index (Phi) is 35.3. The zero-order valence-electron chi connectivity index (χ0n) is 63.7. The van der Waals surface area contributed by atoms with Crippen molar-refractivity contribution in [3.8, 4) is 0 Å². The fourth-order valence-electron chi connectivity index (χ4n) is 15.1. The quantitative estimate of drug-likeness (QED) is 0.0278. The molecule has 0 spiro atoms. The van der Waals surface area contributed by atoms with E-state index in [1.54, 1.807) is 0 Å². The van der Waals surface area contributed by atoms with Gasteiger partial charge >= 0.3 is 10.4 Å². The van der Waals surface area contributed by atoms with E-state index in [0.717, 1.165) is 34.6 Å². The van der Waals surface area contributed by atoms with Crippen LogP contribution in [0.4, 0.5) is 0 Å². The number of nitrogens with one attached hydrogen (secondary N) is 5. The van der Waals surface area contributed by atoms with Crippen LogP contribution in [0.3, 0.4) is 0 Å². The maximum atomic E-state index is 13.1. The number of amides is 5.